The highest BCUT2D eigenvalue weighted by molar-refractivity contribution is 9.10. The van der Waals surface area contributed by atoms with Crippen molar-refractivity contribution in [3.8, 4) is 0 Å². The minimum atomic E-state index is -1.22. The second-order valence-corrected chi connectivity index (χ2v) is 5.03. The van der Waals surface area contributed by atoms with Crippen LogP contribution in [0.15, 0.2) is 47.2 Å². The molecule has 1 aromatic carbocycles. The van der Waals surface area contributed by atoms with E-state index in [1.165, 1.54) is 12.3 Å². The Labute approximate surface area is 114 Å². The third kappa shape index (κ3) is 2.44. The van der Waals surface area contributed by atoms with Gasteiger partial charge in [0.05, 0.1) is 6.20 Å². The van der Waals surface area contributed by atoms with Crippen LogP contribution in [0.4, 0.5) is 4.39 Å². The lowest BCUT2D eigenvalue weighted by Gasteiger charge is -2.27. The number of benzene rings is 1. The van der Waals surface area contributed by atoms with Crippen molar-refractivity contribution in [1.29, 1.82) is 0 Å². The lowest BCUT2D eigenvalue weighted by Crippen LogP contribution is -2.26. The zero-order valence-corrected chi connectivity index (χ0v) is 11.5. The van der Waals surface area contributed by atoms with E-state index in [1.54, 1.807) is 0 Å². The summed E-state index contributed by atoms with van der Waals surface area (Å²) in [5, 5.41) is 10.8. The van der Waals surface area contributed by atoms with Crippen molar-refractivity contribution in [1.82, 2.24) is 4.98 Å². The average Bonchev–Trinajstić information content (AvgIpc) is 2.38. The summed E-state index contributed by atoms with van der Waals surface area (Å²) < 4.78 is 14.1. The Kier molecular flexibility index (Phi) is 3.78. The Bertz CT molecular complexity index is 513. The van der Waals surface area contributed by atoms with Crippen molar-refractivity contribution in [3.63, 3.8) is 0 Å². The first-order valence-corrected chi connectivity index (χ1v) is 6.45. The van der Waals surface area contributed by atoms with E-state index in [0.29, 0.717) is 17.5 Å². The van der Waals surface area contributed by atoms with E-state index < -0.39 is 11.4 Å². The predicted octanol–water partition coefficient (Wildman–Crippen LogP) is 3.63. The molecule has 0 bridgehead atoms. The average molecular weight is 310 g/mol. The third-order valence-corrected chi connectivity index (χ3v) is 3.49. The van der Waals surface area contributed by atoms with Crippen LogP contribution in [-0.2, 0) is 5.60 Å². The van der Waals surface area contributed by atoms with Gasteiger partial charge < -0.3 is 5.11 Å². The monoisotopic (exact) mass is 309 g/mol. The van der Waals surface area contributed by atoms with E-state index in [2.05, 4.69) is 20.9 Å². The largest absolute Gasteiger partial charge is 0.380 e. The summed E-state index contributed by atoms with van der Waals surface area (Å²) in [6, 6.07) is 8.68. The lowest BCUT2D eigenvalue weighted by atomic mass is 9.85. The summed E-state index contributed by atoms with van der Waals surface area (Å²) in [6.07, 6.45) is 3.06. The Morgan fingerprint density at radius 3 is 2.67 bits per heavy atom. The molecule has 94 valence electrons. The molecule has 4 heteroatoms. The third-order valence-electron chi connectivity index (χ3n) is 3.00. The van der Waals surface area contributed by atoms with Crippen LogP contribution >= 0.6 is 15.9 Å². The number of aliphatic hydroxyl groups is 1. The standard InChI is InChI=1S/C14H13BrFNO/c1-2-14(18,10-4-3-5-12(15)6-10)11-7-13(16)9-17-8-11/h3-9,18H,2H2,1H3. The Morgan fingerprint density at radius 2 is 2.06 bits per heavy atom. The van der Waals surface area contributed by atoms with Gasteiger partial charge in [-0.05, 0) is 30.2 Å². The van der Waals surface area contributed by atoms with Crippen LogP contribution in [0.3, 0.4) is 0 Å². The number of nitrogens with zero attached hydrogens (tertiary/aromatic N) is 1. The fraction of sp³-hybridized carbons (Fsp3) is 0.214. The van der Waals surface area contributed by atoms with E-state index in [9.17, 15) is 9.50 Å². The molecule has 1 N–H and O–H groups in total. The van der Waals surface area contributed by atoms with Crippen LogP contribution in [0.25, 0.3) is 0 Å². The van der Waals surface area contributed by atoms with Gasteiger partial charge in [0.25, 0.3) is 0 Å². The van der Waals surface area contributed by atoms with Gasteiger partial charge in [0.2, 0.25) is 0 Å². The Morgan fingerprint density at radius 1 is 1.28 bits per heavy atom. The van der Waals surface area contributed by atoms with Gasteiger partial charge in [-0.25, -0.2) is 4.39 Å². The molecular formula is C14H13BrFNO. The van der Waals surface area contributed by atoms with Gasteiger partial charge in [0.1, 0.15) is 11.4 Å². The molecule has 0 aliphatic heterocycles. The molecule has 2 rings (SSSR count). The molecule has 0 fully saturated rings. The van der Waals surface area contributed by atoms with Crippen LogP contribution in [0.5, 0.6) is 0 Å². The molecule has 0 amide bonds. The molecule has 18 heavy (non-hydrogen) atoms. The molecule has 0 saturated carbocycles. The number of pyridine rings is 1. The first-order valence-electron chi connectivity index (χ1n) is 5.65. The van der Waals surface area contributed by atoms with Crippen molar-refractivity contribution >= 4 is 15.9 Å². The fourth-order valence-corrected chi connectivity index (χ4v) is 2.36. The summed E-state index contributed by atoms with van der Waals surface area (Å²) >= 11 is 3.37. The topological polar surface area (TPSA) is 33.1 Å². The molecule has 1 heterocycles. The Balaban J connectivity index is 2.54. The highest BCUT2D eigenvalue weighted by Crippen LogP contribution is 2.33. The van der Waals surface area contributed by atoms with E-state index >= 15 is 0 Å². The first kappa shape index (κ1) is 13.2. The molecule has 1 atom stereocenters. The number of hydrogen-bond donors (Lipinski definition) is 1. The van der Waals surface area contributed by atoms with Crippen LogP contribution in [0, 0.1) is 5.82 Å². The molecule has 2 aromatic rings. The van der Waals surface area contributed by atoms with E-state index in [0.717, 1.165) is 10.7 Å². The van der Waals surface area contributed by atoms with Gasteiger partial charge in [-0.1, -0.05) is 35.0 Å². The normalized spacial score (nSPS) is 14.2. The van der Waals surface area contributed by atoms with Crippen LogP contribution in [-0.4, -0.2) is 10.1 Å². The highest BCUT2D eigenvalue weighted by atomic mass is 79.9. The zero-order valence-electron chi connectivity index (χ0n) is 9.90. The first-order chi connectivity index (χ1) is 8.56. The Hall–Kier alpha value is -1.26. The molecule has 0 saturated heterocycles. The quantitative estimate of drug-likeness (QED) is 0.939. The molecule has 1 unspecified atom stereocenters. The van der Waals surface area contributed by atoms with Crippen molar-refractivity contribution in [3.05, 3.63) is 64.1 Å². The minimum absolute atomic E-state index is 0.439. The molecule has 0 aliphatic carbocycles. The number of rotatable bonds is 3. The summed E-state index contributed by atoms with van der Waals surface area (Å²) in [4.78, 5) is 3.80. The highest BCUT2D eigenvalue weighted by Gasteiger charge is 2.30. The van der Waals surface area contributed by atoms with Gasteiger partial charge in [-0.2, -0.15) is 0 Å². The second kappa shape index (κ2) is 5.16. The smallest absolute Gasteiger partial charge is 0.141 e. The molecular weight excluding hydrogens is 297 g/mol. The maximum Gasteiger partial charge on any atom is 0.141 e. The van der Waals surface area contributed by atoms with Crippen molar-refractivity contribution in [2.75, 3.05) is 0 Å². The zero-order chi connectivity index (χ0) is 13.2. The predicted molar refractivity (Wildman–Crippen MR) is 71.6 cm³/mol. The number of hydrogen-bond acceptors (Lipinski definition) is 2. The number of halogens is 2. The van der Waals surface area contributed by atoms with Crippen LogP contribution in [0.2, 0.25) is 0 Å². The summed E-state index contributed by atoms with van der Waals surface area (Å²) in [6.45, 7) is 1.85. The summed E-state index contributed by atoms with van der Waals surface area (Å²) in [5.41, 5.74) is -0.0475. The summed E-state index contributed by atoms with van der Waals surface area (Å²) in [5.74, 6) is -0.450. The van der Waals surface area contributed by atoms with E-state index in [4.69, 9.17) is 0 Å². The van der Waals surface area contributed by atoms with Gasteiger partial charge >= 0.3 is 0 Å². The van der Waals surface area contributed by atoms with Crippen molar-refractivity contribution < 1.29 is 9.50 Å². The van der Waals surface area contributed by atoms with Crippen LogP contribution in [0.1, 0.15) is 24.5 Å². The fourth-order valence-electron chi connectivity index (χ4n) is 1.96. The maximum atomic E-state index is 13.2. The summed E-state index contributed by atoms with van der Waals surface area (Å²) in [7, 11) is 0. The number of aromatic nitrogens is 1. The molecule has 0 aliphatic rings. The SMILES string of the molecule is CCC(O)(c1cncc(F)c1)c1cccc(Br)c1. The van der Waals surface area contributed by atoms with Crippen molar-refractivity contribution in [2.24, 2.45) is 0 Å². The van der Waals surface area contributed by atoms with E-state index in [1.807, 2.05) is 31.2 Å². The minimum Gasteiger partial charge on any atom is -0.380 e. The molecule has 2 nitrogen and oxygen atoms in total. The van der Waals surface area contributed by atoms with Gasteiger partial charge in [-0.3, -0.25) is 4.98 Å². The maximum absolute atomic E-state index is 13.2. The van der Waals surface area contributed by atoms with E-state index in [-0.39, 0.29) is 0 Å². The van der Waals surface area contributed by atoms with Gasteiger partial charge in [-0.15, -0.1) is 0 Å². The van der Waals surface area contributed by atoms with Gasteiger partial charge in [0, 0.05) is 16.2 Å². The van der Waals surface area contributed by atoms with Crippen LogP contribution < -0.4 is 0 Å². The van der Waals surface area contributed by atoms with Gasteiger partial charge in [0.15, 0.2) is 0 Å². The molecule has 0 radical (unpaired) electrons. The molecule has 0 spiro atoms. The lowest BCUT2D eigenvalue weighted by molar-refractivity contribution is 0.0757. The molecule has 1 aromatic heterocycles. The second-order valence-electron chi connectivity index (χ2n) is 4.12. The van der Waals surface area contributed by atoms with Crippen molar-refractivity contribution in [2.45, 2.75) is 18.9 Å².